The maximum absolute atomic E-state index is 14.8. The number of aryl methyl sites for hydroxylation is 1. The van der Waals surface area contributed by atoms with Crippen LogP contribution in [0.4, 0.5) is 10.5 Å². The predicted octanol–water partition coefficient (Wildman–Crippen LogP) is 1.69. The minimum Gasteiger partial charge on any atom is -0.459 e. The zero-order valence-corrected chi connectivity index (χ0v) is 34.0. The molecule has 6 rings (SSSR count). The number of nitrogens with zero attached hydrogens (tertiary/aromatic N) is 3. The van der Waals surface area contributed by atoms with Crippen molar-refractivity contribution in [1.29, 1.82) is 0 Å². The maximum Gasteiger partial charge on any atom is 0.323 e. The summed E-state index contributed by atoms with van der Waals surface area (Å²) >= 11 is 6.12. The van der Waals surface area contributed by atoms with Crippen molar-refractivity contribution in [3.8, 4) is 0 Å². The monoisotopic (exact) mass is 823 g/mol. The highest BCUT2D eigenvalue weighted by Gasteiger charge is 2.49. The van der Waals surface area contributed by atoms with Gasteiger partial charge in [0.05, 0.1) is 12.1 Å². The second-order valence-corrected chi connectivity index (χ2v) is 16.6. The molecule has 2 aromatic rings. The van der Waals surface area contributed by atoms with Gasteiger partial charge in [0, 0.05) is 43.2 Å². The molecule has 4 aliphatic rings. The zero-order valence-electron chi connectivity index (χ0n) is 33.2. The lowest BCUT2D eigenvalue weighted by Crippen LogP contribution is -2.63. The first-order valence-corrected chi connectivity index (χ1v) is 20.4. The Morgan fingerprint density at radius 2 is 1.69 bits per heavy atom. The number of ether oxygens (including phenoxy) is 1. The number of hydrogen-bond acceptors (Lipinski definition) is 10. The first-order valence-electron chi connectivity index (χ1n) is 20.0. The van der Waals surface area contributed by atoms with E-state index in [1.807, 2.05) is 32.0 Å². The molecule has 6 amide bonds. The van der Waals surface area contributed by atoms with E-state index in [2.05, 4.69) is 21.3 Å². The Kier molecular flexibility index (Phi) is 13.6. The molecule has 1 unspecified atom stereocenters. The van der Waals surface area contributed by atoms with E-state index in [9.17, 15) is 39.0 Å². The van der Waals surface area contributed by atoms with E-state index in [0.717, 1.165) is 5.56 Å². The van der Waals surface area contributed by atoms with Crippen LogP contribution in [0.25, 0.3) is 0 Å². The Hall–Kier alpha value is -4.77. The summed E-state index contributed by atoms with van der Waals surface area (Å²) < 4.78 is 5.96. The lowest BCUT2D eigenvalue weighted by molar-refractivity contribution is -0.164. The summed E-state index contributed by atoms with van der Waals surface area (Å²) in [5, 5.41) is 33.8. The fourth-order valence-corrected chi connectivity index (χ4v) is 8.74. The van der Waals surface area contributed by atoms with Crippen molar-refractivity contribution >= 4 is 52.9 Å². The van der Waals surface area contributed by atoms with Gasteiger partial charge in [0.1, 0.15) is 42.5 Å². The molecule has 314 valence electrons. The van der Waals surface area contributed by atoms with Gasteiger partial charge in [-0.2, -0.15) is 0 Å². The number of aliphatic hydroxyl groups is 2. The number of piperidine rings is 1. The number of halogens is 1. The average molecular weight is 824 g/mol. The van der Waals surface area contributed by atoms with Gasteiger partial charge in [-0.25, -0.2) is 4.79 Å². The molecule has 17 heteroatoms. The summed E-state index contributed by atoms with van der Waals surface area (Å²) in [6.45, 7) is 7.19. The van der Waals surface area contributed by atoms with E-state index in [0.29, 0.717) is 48.5 Å². The van der Waals surface area contributed by atoms with Crippen LogP contribution in [0.5, 0.6) is 0 Å². The Morgan fingerprint density at radius 1 is 0.931 bits per heavy atom. The van der Waals surface area contributed by atoms with Crippen LogP contribution in [0.1, 0.15) is 64.0 Å². The number of cyclic esters (lactones) is 1. The topological polar surface area (TPSA) is 210 Å². The highest BCUT2D eigenvalue weighted by Crippen LogP contribution is 2.30. The SMILES string of the molecule is Cc1cccc(C[C@H](NC(=O)Nc2cccc(Cl)c2)C(=O)N[C@@H]2C(=O)N3C[C@H](O)C[C@H]3C(=O)N3CCCC[C@H]3C(=O)N[C@@H](C)C(O)N3C[C@H](C)C[C@H]3C(=O)O[C@H]2C)c1. The molecular formula is C41H54ClN7O9. The van der Waals surface area contributed by atoms with Gasteiger partial charge in [0.25, 0.3) is 0 Å². The number of esters is 1. The Labute approximate surface area is 343 Å². The van der Waals surface area contributed by atoms with Gasteiger partial charge in [-0.05, 0) is 76.1 Å². The van der Waals surface area contributed by atoms with Gasteiger partial charge < -0.3 is 46.0 Å². The summed E-state index contributed by atoms with van der Waals surface area (Å²) in [5.41, 5.74) is 2.00. The van der Waals surface area contributed by atoms with Crippen molar-refractivity contribution in [1.82, 2.24) is 30.7 Å². The third kappa shape index (κ3) is 9.91. The zero-order chi connectivity index (χ0) is 41.8. The second kappa shape index (κ2) is 18.4. The van der Waals surface area contributed by atoms with Gasteiger partial charge in [-0.1, -0.05) is 54.4 Å². The first-order chi connectivity index (χ1) is 27.6. The molecule has 0 spiro atoms. The van der Waals surface area contributed by atoms with Crippen LogP contribution >= 0.6 is 11.6 Å². The molecule has 16 nitrogen and oxygen atoms in total. The number of amides is 6. The smallest absolute Gasteiger partial charge is 0.323 e. The summed E-state index contributed by atoms with van der Waals surface area (Å²) in [6, 6.07) is 6.41. The van der Waals surface area contributed by atoms with E-state index in [4.69, 9.17) is 16.3 Å². The van der Waals surface area contributed by atoms with Crippen molar-refractivity contribution in [2.75, 3.05) is 25.0 Å². The molecule has 4 saturated heterocycles. The standard InChI is InChI=1S/C41H54ClN7O9/c1-22-9-7-10-26(15-22)17-30(45-41(57)44-28-12-8-11-27(42)18-28)35(51)46-34-25(4)58-40(56)33-16-23(2)20-48(33)37(53)24(3)43-36(52)31-13-5-6-14-47(31)38(54)32-19-29(50)21-49(32)39(34)55/h7-12,15,18,23-25,29-34,37,50,53H,5-6,13-14,16-17,19-21H2,1-4H3,(H,43,52)(H,46,51)(H2,44,45,57)/t23-,24+,25+,29-,30+,31+,32+,33+,34+,37?/m1/s1. The third-order valence-electron chi connectivity index (χ3n) is 11.5. The minimum atomic E-state index is -1.58. The van der Waals surface area contributed by atoms with E-state index in [-0.39, 0.29) is 31.8 Å². The third-order valence-corrected chi connectivity index (χ3v) is 11.7. The second-order valence-electron chi connectivity index (χ2n) is 16.2. The van der Waals surface area contributed by atoms with E-state index in [1.54, 1.807) is 36.1 Å². The summed E-state index contributed by atoms with van der Waals surface area (Å²) in [7, 11) is 0. The molecule has 4 heterocycles. The number of anilines is 1. The number of carbonyl (C=O) groups is 6. The van der Waals surface area contributed by atoms with Crippen LogP contribution in [0.2, 0.25) is 5.02 Å². The number of aliphatic hydroxyl groups excluding tert-OH is 2. The van der Waals surface area contributed by atoms with E-state index >= 15 is 0 Å². The van der Waals surface area contributed by atoms with Crippen LogP contribution in [0.3, 0.4) is 0 Å². The van der Waals surface area contributed by atoms with Gasteiger partial charge in [-0.15, -0.1) is 0 Å². The highest BCUT2D eigenvalue weighted by atomic mass is 35.5. The van der Waals surface area contributed by atoms with Crippen LogP contribution in [-0.4, -0.2) is 135 Å². The molecule has 0 radical (unpaired) electrons. The van der Waals surface area contributed by atoms with Crippen LogP contribution < -0.4 is 21.3 Å². The summed E-state index contributed by atoms with van der Waals surface area (Å²) in [4.78, 5) is 88.9. The number of hydrogen-bond donors (Lipinski definition) is 6. The molecule has 4 aliphatic heterocycles. The van der Waals surface area contributed by atoms with Crippen molar-refractivity contribution in [3.63, 3.8) is 0 Å². The summed E-state index contributed by atoms with van der Waals surface area (Å²) in [6.07, 6.45) is -1.83. The number of carbonyl (C=O) groups excluding carboxylic acids is 6. The Morgan fingerprint density at radius 3 is 2.43 bits per heavy atom. The average Bonchev–Trinajstić information content (AvgIpc) is 3.77. The molecule has 0 saturated carbocycles. The number of fused-ring (bicyclic) bond motifs is 3. The molecular weight excluding hydrogens is 770 g/mol. The predicted molar refractivity (Wildman–Crippen MR) is 213 cm³/mol. The molecule has 2 aromatic carbocycles. The van der Waals surface area contributed by atoms with Gasteiger partial charge >= 0.3 is 12.0 Å². The minimum absolute atomic E-state index is 0.0124. The number of benzene rings is 2. The van der Waals surface area contributed by atoms with Crippen molar-refractivity contribution in [2.45, 2.75) is 121 Å². The van der Waals surface area contributed by atoms with Crippen LogP contribution in [0.15, 0.2) is 48.5 Å². The van der Waals surface area contributed by atoms with Crippen molar-refractivity contribution in [2.24, 2.45) is 5.92 Å². The highest BCUT2D eigenvalue weighted by molar-refractivity contribution is 6.30. The molecule has 4 fully saturated rings. The molecule has 0 bridgehead atoms. The largest absolute Gasteiger partial charge is 0.459 e. The molecule has 6 N–H and O–H groups in total. The van der Waals surface area contributed by atoms with Crippen LogP contribution in [-0.2, 0) is 35.1 Å². The van der Waals surface area contributed by atoms with Crippen molar-refractivity contribution < 1.29 is 43.7 Å². The van der Waals surface area contributed by atoms with Gasteiger partial charge in [-0.3, -0.25) is 28.9 Å². The lowest BCUT2D eigenvalue weighted by atomic mass is 9.98. The molecule has 0 aliphatic carbocycles. The Balaban J connectivity index is 1.35. The fourth-order valence-electron chi connectivity index (χ4n) is 8.55. The van der Waals surface area contributed by atoms with Crippen molar-refractivity contribution in [3.05, 3.63) is 64.7 Å². The summed E-state index contributed by atoms with van der Waals surface area (Å²) in [5.74, 6) is -3.37. The normalized spacial score (nSPS) is 30.4. The fraction of sp³-hybridized carbons (Fsp3) is 0.561. The van der Waals surface area contributed by atoms with E-state index < -0.39 is 90.3 Å². The first kappa shape index (κ1) is 42.8. The van der Waals surface area contributed by atoms with Gasteiger partial charge in [0.2, 0.25) is 23.6 Å². The maximum atomic E-state index is 14.8. The quantitative estimate of drug-likeness (QED) is 0.232. The number of rotatable bonds is 6. The molecule has 58 heavy (non-hydrogen) atoms. The van der Waals surface area contributed by atoms with Crippen LogP contribution in [0, 0.1) is 12.8 Å². The number of urea groups is 1. The van der Waals surface area contributed by atoms with E-state index in [1.165, 1.54) is 22.8 Å². The lowest BCUT2D eigenvalue weighted by Gasteiger charge is -2.40. The number of nitrogens with one attached hydrogen (secondary N) is 4. The molecule has 10 atom stereocenters. The molecule has 0 aromatic heterocycles. The van der Waals surface area contributed by atoms with Gasteiger partial charge in [0.15, 0.2) is 0 Å². The Bertz CT molecular complexity index is 1880.